The van der Waals surface area contributed by atoms with Crippen LogP contribution in [0.3, 0.4) is 0 Å². The molecule has 0 bridgehead atoms. The van der Waals surface area contributed by atoms with Crippen LogP contribution in [0.2, 0.25) is 0 Å². The van der Waals surface area contributed by atoms with Crippen molar-refractivity contribution in [1.82, 2.24) is 24.3 Å². The minimum Gasteiger partial charge on any atom is -0.309 e. The van der Waals surface area contributed by atoms with Crippen LogP contribution < -0.4 is 16.6 Å². The predicted octanol–water partition coefficient (Wildman–Crippen LogP) is 1.79. The Hall–Kier alpha value is -4.52. The molecule has 0 saturated heterocycles. The Morgan fingerprint density at radius 2 is 2.03 bits per heavy atom. The number of nitriles is 1. The van der Waals surface area contributed by atoms with Crippen LogP contribution in [-0.4, -0.2) is 30.2 Å². The first-order valence-corrected chi connectivity index (χ1v) is 9.82. The van der Waals surface area contributed by atoms with Crippen molar-refractivity contribution in [3.63, 3.8) is 0 Å². The maximum absolute atomic E-state index is 12.6. The van der Waals surface area contributed by atoms with Crippen LogP contribution in [0, 0.1) is 25.2 Å². The second kappa shape index (κ2) is 8.31. The van der Waals surface area contributed by atoms with E-state index in [0.717, 1.165) is 22.0 Å². The first-order chi connectivity index (χ1) is 15.4. The summed E-state index contributed by atoms with van der Waals surface area (Å²) in [6.45, 7) is 3.98. The normalized spacial score (nSPS) is 10.8. The number of aromatic amines is 1. The Morgan fingerprint density at radius 1 is 1.22 bits per heavy atom. The maximum Gasteiger partial charge on any atom is 0.328 e. The topological polar surface area (TPSA) is 138 Å². The van der Waals surface area contributed by atoms with E-state index >= 15 is 0 Å². The van der Waals surface area contributed by atoms with Gasteiger partial charge in [0.2, 0.25) is 5.91 Å². The van der Waals surface area contributed by atoms with Crippen molar-refractivity contribution in [3.05, 3.63) is 80.3 Å². The van der Waals surface area contributed by atoms with E-state index in [2.05, 4.69) is 15.4 Å². The third-order valence-corrected chi connectivity index (χ3v) is 5.08. The van der Waals surface area contributed by atoms with Crippen molar-refractivity contribution in [2.75, 3.05) is 5.32 Å². The van der Waals surface area contributed by atoms with E-state index in [1.807, 2.05) is 44.2 Å². The Bertz CT molecular complexity index is 1500. The summed E-state index contributed by atoms with van der Waals surface area (Å²) in [6.07, 6.45) is 2.63. The molecular weight excluding hydrogens is 410 g/mol. The van der Waals surface area contributed by atoms with Crippen molar-refractivity contribution in [1.29, 1.82) is 5.26 Å². The molecule has 0 aliphatic heterocycles. The molecule has 0 unspecified atom stereocenters. The largest absolute Gasteiger partial charge is 0.328 e. The number of para-hydroxylation sites is 1. The summed E-state index contributed by atoms with van der Waals surface area (Å²) in [5.74, 6) is 0.249. The molecule has 2 N–H and O–H groups in total. The lowest BCUT2D eigenvalue weighted by Gasteiger charge is -2.12. The number of fused-ring (bicyclic) bond motifs is 1. The first kappa shape index (κ1) is 20.7. The number of nitrogens with zero attached hydrogens (tertiary/aromatic N) is 5. The summed E-state index contributed by atoms with van der Waals surface area (Å²) in [5, 5.41) is 17.4. The summed E-state index contributed by atoms with van der Waals surface area (Å²) in [4.78, 5) is 42.4. The second-order valence-electron chi connectivity index (χ2n) is 7.30. The fourth-order valence-corrected chi connectivity index (χ4v) is 3.41. The van der Waals surface area contributed by atoms with Gasteiger partial charge in [-0.3, -0.25) is 14.6 Å². The van der Waals surface area contributed by atoms with Crippen molar-refractivity contribution in [2.45, 2.75) is 26.8 Å². The zero-order valence-corrected chi connectivity index (χ0v) is 17.4. The number of H-pyrrole nitrogens is 1. The summed E-state index contributed by atoms with van der Waals surface area (Å²) in [7, 11) is 0. The quantitative estimate of drug-likeness (QED) is 0.496. The third-order valence-electron chi connectivity index (χ3n) is 5.08. The van der Waals surface area contributed by atoms with Crippen LogP contribution in [0.15, 0.2) is 52.3 Å². The monoisotopic (exact) mass is 429 g/mol. The Labute approximate surface area is 181 Å². The lowest BCUT2D eigenvalue weighted by atomic mass is 10.1. The molecule has 4 aromatic rings. The molecule has 160 valence electrons. The van der Waals surface area contributed by atoms with E-state index in [9.17, 15) is 19.6 Å². The van der Waals surface area contributed by atoms with E-state index in [1.165, 1.54) is 27.7 Å². The highest BCUT2D eigenvalue weighted by molar-refractivity contribution is 5.91. The number of aryl methyl sites for hydroxylation is 3. The van der Waals surface area contributed by atoms with Crippen LogP contribution in [-0.2, 0) is 11.3 Å². The molecule has 0 saturated carbocycles. The molecular formula is C22H19N7O3. The fourth-order valence-electron chi connectivity index (χ4n) is 3.41. The van der Waals surface area contributed by atoms with Crippen molar-refractivity contribution in [3.8, 4) is 11.9 Å². The van der Waals surface area contributed by atoms with Crippen molar-refractivity contribution >= 4 is 22.6 Å². The third kappa shape index (κ3) is 3.91. The molecule has 0 atom stereocenters. The summed E-state index contributed by atoms with van der Waals surface area (Å²) >= 11 is 0. The number of pyridine rings is 1. The molecule has 32 heavy (non-hydrogen) atoms. The van der Waals surface area contributed by atoms with Gasteiger partial charge in [0.15, 0.2) is 11.6 Å². The van der Waals surface area contributed by atoms with Gasteiger partial charge in [-0.05, 0) is 31.0 Å². The molecule has 0 aliphatic rings. The van der Waals surface area contributed by atoms with Gasteiger partial charge >= 0.3 is 5.69 Å². The molecule has 1 aromatic carbocycles. The molecule has 10 nitrogen and oxygen atoms in total. The smallest absolute Gasteiger partial charge is 0.309 e. The van der Waals surface area contributed by atoms with Gasteiger partial charge in [0, 0.05) is 30.6 Å². The average molecular weight is 429 g/mol. The van der Waals surface area contributed by atoms with Crippen LogP contribution in [0.1, 0.15) is 23.1 Å². The summed E-state index contributed by atoms with van der Waals surface area (Å²) < 4.78 is 2.64. The summed E-state index contributed by atoms with van der Waals surface area (Å²) in [5.41, 5.74) is 1.87. The van der Waals surface area contributed by atoms with E-state index in [0.29, 0.717) is 5.82 Å². The average Bonchev–Trinajstić information content (AvgIpc) is 3.16. The molecule has 3 aromatic heterocycles. The Morgan fingerprint density at radius 3 is 2.78 bits per heavy atom. The van der Waals surface area contributed by atoms with Crippen LogP contribution in [0.4, 0.5) is 5.82 Å². The standard InChI is InChI=1S/C22H19N7O3/c1-13-4-3-5-16-14(2)10-17(25-20(13)16)29-21(15(11-23)12-24-29)26-18(30)6-8-28-9-7-19(31)27-22(28)32/h3-5,7,9-10,12H,6,8H2,1-2H3,(H,26,30)(H,27,31,32). The van der Waals surface area contributed by atoms with Crippen molar-refractivity contribution in [2.24, 2.45) is 0 Å². The highest BCUT2D eigenvalue weighted by atomic mass is 16.2. The number of hydrogen-bond acceptors (Lipinski definition) is 6. The Kier molecular flexibility index (Phi) is 5.39. The molecule has 0 radical (unpaired) electrons. The zero-order valence-electron chi connectivity index (χ0n) is 17.4. The SMILES string of the molecule is Cc1cc(-n2ncc(C#N)c2NC(=O)CCn2ccc(=O)[nH]c2=O)nc2c(C)cccc12. The van der Waals surface area contributed by atoms with E-state index in [1.54, 1.807) is 0 Å². The number of nitrogens with one attached hydrogen (secondary N) is 2. The van der Waals surface area contributed by atoms with E-state index in [4.69, 9.17) is 4.98 Å². The molecule has 3 heterocycles. The molecule has 0 fully saturated rings. The molecule has 0 aliphatic carbocycles. The number of aromatic nitrogens is 5. The Balaban J connectivity index is 1.64. The number of amides is 1. The number of anilines is 1. The minimum atomic E-state index is -0.598. The lowest BCUT2D eigenvalue weighted by Crippen LogP contribution is -2.30. The highest BCUT2D eigenvalue weighted by Crippen LogP contribution is 2.25. The van der Waals surface area contributed by atoms with Gasteiger partial charge < -0.3 is 9.88 Å². The van der Waals surface area contributed by atoms with Crippen LogP contribution >= 0.6 is 0 Å². The fraction of sp³-hybridized carbons (Fsp3) is 0.182. The predicted molar refractivity (Wildman–Crippen MR) is 118 cm³/mol. The van der Waals surface area contributed by atoms with E-state index in [-0.39, 0.29) is 24.3 Å². The molecule has 1 amide bonds. The van der Waals surface area contributed by atoms with Gasteiger partial charge in [0.25, 0.3) is 5.56 Å². The number of rotatable bonds is 5. The number of carbonyl (C=O) groups is 1. The van der Waals surface area contributed by atoms with Gasteiger partial charge in [-0.15, -0.1) is 0 Å². The van der Waals surface area contributed by atoms with Crippen LogP contribution in [0.5, 0.6) is 0 Å². The van der Waals surface area contributed by atoms with E-state index < -0.39 is 17.2 Å². The maximum atomic E-state index is 12.6. The van der Waals surface area contributed by atoms with Gasteiger partial charge in [-0.1, -0.05) is 18.2 Å². The van der Waals surface area contributed by atoms with Gasteiger partial charge in [-0.25, -0.2) is 9.78 Å². The van der Waals surface area contributed by atoms with Gasteiger partial charge in [0.05, 0.1) is 11.7 Å². The number of hydrogen-bond donors (Lipinski definition) is 2. The second-order valence-corrected chi connectivity index (χ2v) is 7.30. The summed E-state index contributed by atoms with van der Waals surface area (Å²) in [6, 6.07) is 11.0. The first-order valence-electron chi connectivity index (χ1n) is 9.82. The van der Waals surface area contributed by atoms with Gasteiger partial charge in [-0.2, -0.15) is 15.0 Å². The molecule has 0 spiro atoms. The lowest BCUT2D eigenvalue weighted by molar-refractivity contribution is -0.116. The number of carbonyl (C=O) groups excluding carboxylic acids is 1. The van der Waals surface area contributed by atoms with Crippen molar-refractivity contribution < 1.29 is 4.79 Å². The van der Waals surface area contributed by atoms with Gasteiger partial charge in [0.1, 0.15) is 11.6 Å². The molecule has 10 heteroatoms. The molecule has 4 rings (SSSR count). The highest BCUT2D eigenvalue weighted by Gasteiger charge is 2.17. The zero-order chi connectivity index (χ0) is 22.8. The van der Waals surface area contributed by atoms with Crippen LogP contribution in [0.25, 0.3) is 16.7 Å². The number of benzene rings is 1. The minimum absolute atomic E-state index is 0.0503.